The van der Waals surface area contributed by atoms with Crippen molar-refractivity contribution in [1.29, 1.82) is 0 Å². The third kappa shape index (κ3) is 4.93. The van der Waals surface area contributed by atoms with Gasteiger partial charge in [-0.1, -0.05) is 30.3 Å². The van der Waals surface area contributed by atoms with E-state index < -0.39 is 5.41 Å². The van der Waals surface area contributed by atoms with Crippen molar-refractivity contribution in [2.45, 2.75) is 31.7 Å². The van der Waals surface area contributed by atoms with Crippen LogP contribution in [0.4, 0.5) is 0 Å². The number of aromatic nitrogens is 2. The van der Waals surface area contributed by atoms with Gasteiger partial charge in [-0.3, -0.25) is 29.3 Å². The van der Waals surface area contributed by atoms with Crippen LogP contribution < -0.4 is 0 Å². The molecule has 0 N–H and O–H groups in total. The summed E-state index contributed by atoms with van der Waals surface area (Å²) in [5.41, 5.74) is 2.90. The van der Waals surface area contributed by atoms with E-state index in [4.69, 9.17) is 0 Å². The maximum Gasteiger partial charge on any atom is 0.240 e. The summed E-state index contributed by atoms with van der Waals surface area (Å²) in [6.07, 6.45) is 3.21. The molecule has 0 spiro atoms. The Kier molecular flexibility index (Phi) is 6.93. The highest BCUT2D eigenvalue weighted by atomic mass is 16.2. The van der Waals surface area contributed by atoms with Gasteiger partial charge < -0.3 is 9.80 Å². The second kappa shape index (κ2) is 9.92. The summed E-state index contributed by atoms with van der Waals surface area (Å²) >= 11 is 0. The lowest BCUT2D eigenvalue weighted by Gasteiger charge is -2.30. The van der Waals surface area contributed by atoms with Crippen LogP contribution in [-0.4, -0.2) is 76.6 Å². The molecule has 0 saturated carbocycles. The van der Waals surface area contributed by atoms with Gasteiger partial charge in [0.1, 0.15) is 0 Å². The van der Waals surface area contributed by atoms with Crippen molar-refractivity contribution in [2.75, 3.05) is 34.2 Å². The Labute approximate surface area is 205 Å². The minimum Gasteiger partial charge on any atom is -0.341 e. The largest absolute Gasteiger partial charge is 0.341 e. The second-order valence-corrected chi connectivity index (χ2v) is 9.53. The van der Waals surface area contributed by atoms with Crippen molar-refractivity contribution in [2.24, 2.45) is 0 Å². The first kappa shape index (κ1) is 24.5. The maximum atomic E-state index is 13.8. The Hall–Kier alpha value is -3.65. The van der Waals surface area contributed by atoms with Gasteiger partial charge in [-0.25, -0.2) is 0 Å². The Morgan fingerprint density at radius 2 is 1.74 bits per heavy atom. The Bertz CT molecular complexity index is 1270. The van der Waals surface area contributed by atoms with Crippen LogP contribution in [0.3, 0.4) is 0 Å². The van der Waals surface area contributed by atoms with E-state index in [0.717, 1.165) is 27.7 Å². The number of benzene rings is 2. The summed E-state index contributed by atoms with van der Waals surface area (Å²) in [6.45, 7) is 3.16. The molecule has 1 fully saturated rings. The van der Waals surface area contributed by atoms with E-state index in [1.54, 1.807) is 24.3 Å². The van der Waals surface area contributed by atoms with Crippen LogP contribution in [0.15, 0.2) is 54.9 Å². The summed E-state index contributed by atoms with van der Waals surface area (Å²) in [4.78, 5) is 53.8. The molecule has 1 aromatic heterocycles. The van der Waals surface area contributed by atoms with Crippen LogP contribution in [0.2, 0.25) is 0 Å². The standard InChI is InChI=1S/C27H31N5O3/c1-19-7-5-6-8-21(19)27(17-25(34)32(26(27)35)14-13-30(2)3)16-24(33)31(4)18-20-9-10-22-23(15-20)29-12-11-28-22/h5-12,15H,13-14,16-18H2,1-4H3/t27-/m0/s1. The third-order valence-electron chi connectivity index (χ3n) is 6.67. The molecule has 4 rings (SSSR count). The van der Waals surface area contributed by atoms with Gasteiger partial charge in [-0.15, -0.1) is 0 Å². The molecule has 8 nitrogen and oxygen atoms in total. The third-order valence-corrected chi connectivity index (χ3v) is 6.67. The maximum absolute atomic E-state index is 13.8. The number of rotatable bonds is 8. The lowest BCUT2D eigenvalue weighted by atomic mass is 9.74. The van der Waals surface area contributed by atoms with E-state index >= 15 is 0 Å². The van der Waals surface area contributed by atoms with E-state index in [1.165, 1.54) is 4.90 Å². The van der Waals surface area contributed by atoms with Crippen LogP contribution >= 0.6 is 0 Å². The monoisotopic (exact) mass is 473 g/mol. The summed E-state index contributed by atoms with van der Waals surface area (Å²) in [5.74, 6) is -0.715. The van der Waals surface area contributed by atoms with Gasteiger partial charge in [-0.05, 0) is 49.8 Å². The van der Waals surface area contributed by atoms with Crippen molar-refractivity contribution >= 4 is 28.8 Å². The van der Waals surface area contributed by atoms with E-state index in [-0.39, 0.29) is 30.6 Å². The van der Waals surface area contributed by atoms with Crippen LogP contribution in [-0.2, 0) is 26.3 Å². The molecule has 8 heteroatoms. The van der Waals surface area contributed by atoms with E-state index in [0.29, 0.717) is 19.6 Å². The van der Waals surface area contributed by atoms with Gasteiger partial charge in [0.15, 0.2) is 0 Å². The summed E-state index contributed by atoms with van der Waals surface area (Å²) < 4.78 is 0. The fourth-order valence-corrected chi connectivity index (χ4v) is 4.74. The van der Waals surface area contributed by atoms with Crippen LogP contribution in [0, 0.1) is 6.92 Å². The van der Waals surface area contributed by atoms with Crippen LogP contribution in [0.25, 0.3) is 11.0 Å². The summed E-state index contributed by atoms with van der Waals surface area (Å²) in [5, 5.41) is 0. The number of imide groups is 1. The van der Waals surface area contributed by atoms with Crippen molar-refractivity contribution in [3.05, 3.63) is 71.5 Å². The number of carbonyl (C=O) groups excluding carboxylic acids is 3. The van der Waals surface area contributed by atoms with Crippen molar-refractivity contribution in [1.82, 2.24) is 24.7 Å². The Morgan fingerprint density at radius 3 is 2.46 bits per heavy atom. The molecule has 0 aliphatic carbocycles. The van der Waals surface area contributed by atoms with Crippen molar-refractivity contribution in [3.8, 4) is 0 Å². The average molecular weight is 474 g/mol. The topological polar surface area (TPSA) is 86.7 Å². The normalized spacial score (nSPS) is 18.0. The minimum absolute atomic E-state index is 0.00470. The first-order chi connectivity index (χ1) is 16.7. The van der Waals surface area contributed by atoms with Gasteiger partial charge in [0.2, 0.25) is 17.7 Å². The molecule has 3 amide bonds. The molecule has 2 aromatic carbocycles. The zero-order valence-electron chi connectivity index (χ0n) is 20.7. The molecule has 0 radical (unpaired) electrons. The van der Waals surface area contributed by atoms with E-state index in [1.807, 2.05) is 68.4 Å². The highest BCUT2D eigenvalue weighted by Crippen LogP contribution is 2.41. The van der Waals surface area contributed by atoms with Gasteiger partial charge in [0.25, 0.3) is 0 Å². The number of aryl methyl sites for hydroxylation is 1. The van der Waals surface area contributed by atoms with Gasteiger partial charge in [0, 0.05) is 51.9 Å². The molecular weight excluding hydrogens is 442 g/mol. The Morgan fingerprint density at radius 1 is 1.03 bits per heavy atom. The molecule has 0 unspecified atom stereocenters. The highest BCUT2D eigenvalue weighted by Gasteiger charge is 2.54. The Balaban J connectivity index is 1.60. The van der Waals surface area contributed by atoms with Gasteiger partial charge >= 0.3 is 0 Å². The molecule has 3 aromatic rings. The molecule has 1 aliphatic rings. The first-order valence-electron chi connectivity index (χ1n) is 11.7. The number of nitrogens with zero attached hydrogens (tertiary/aromatic N) is 5. The fourth-order valence-electron chi connectivity index (χ4n) is 4.74. The average Bonchev–Trinajstić information content (AvgIpc) is 3.07. The lowest BCUT2D eigenvalue weighted by Crippen LogP contribution is -2.44. The van der Waals surface area contributed by atoms with E-state index in [2.05, 4.69) is 9.97 Å². The number of likely N-dealkylation sites (tertiary alicyclic amines) is 1. The van der Waals surface area contributed by atoms with Crippen LogP contribution in [0.5, 0.6) is 0 Å². The van der Waals surface area contributed by atoms with Crippen molar-refractivity contribution in [3.63, 3.8) is 0 Å². The number of hydrogen-bond acceptors (Lipinski definition) is 6. The molecule has 2 heterocycles. The lowest BCUT2D eigenvalue weighted by molar-refractivity contribution is -0.142. The van der Waals surface area contributed by atoms with Crippen LogP contribution in [0.1, 0.15) is 29.5 Å². The summed E-state index contributed by atoms with van der Waals surface area (Å²) in [6, 6.07) is 13.3. The van der Waals surface area contributed by atoms with Crippen molar-refractivity contribution < 1.29 is 14.4 Å². The predicted molar refractivity (Wildman–Crippen MR) is 133 cm³/mol. The second-order valence-electron chi connectivity index (χ2n) is 9.53. The minimum atomic E-state index is -1.20. The summed E-state index contributed by atoms with van der Waals surface area (Å²) in [7, 11) is 5.52. The van der Waals surface area contributed by atoms with Gasteiger partial charge in [-0.2, -0.15) is 0 Å². The zero-order valence-corrected chi connectivity index (χ0v) is 20.7. The predicted octanol–water partition coefficient (Wildman–Crippen LogP) is 2.55. The molecule has 1 aliphatic heterocycles. The first-order valence-corrected chi connectivity index (χ1v) is 11.7. The number of fused-ring (bicyclic) bond motifs is 1. The fraction of sp³-hybridized carbons (Fsp3) is 0.370. The molecule has 1 saturated heterocycles. The number of carbonyl (C=O) groups is 3. The quantitative estimate of drug-likeness (QED) is 0.468. The highest BCUT2D eigenvalue weighted by molar-refractivity contribution is 6.11. The zero-order chi connectivity index (χ0) is 25.2. The molecular formula is C27H31N5O3. The van der Waals surface area contributed by atoms with E-state index in [9.17, 15) is 14.4 Å². The molecule has 0 bridgehead atoms. The van der Waals surface area contributed by atoms with Gasteiger partial charge in [0.05, 0.1) is 16.4 Å². The smallest absolute Gasteiger partial charge is 0.240 e. The molecule has 35 heavy (non-hydrogen) atoms. The number of hydrogen-bond donors (Lipinski definition) is 0. The number of likely N-dealkylation sites (N-methyl/N-ethyl adjacent to an activating group) is 1. The SMILES string of the molecule is Cc1ccccc1[C@]1(CC(=O)N(C)Cc2ccc3nccnc3c2)CC(=O)N(CCN(C)C)C1=O. The molecule has 1 atom stereocenters. The molecule has 182 valence electrons. The number of amides is 3.